The van der Waals surface area contributed by atoms with Crippen molar-refractivity contribution in [2.45, 2.75) is 0 Å². The van der Waals surface area contributed by atoms with Crippen molar-refractivity contribution in [1.29, 1.82) is 0 Å². The molecule has 154 valence electrons. The molecule has 0 unspecified atom stereocenters. The van der Waals surface area contributed by atoms with Crippen molar-refractivity contribution >= 4 is 34.1 Å². The number of benzene rings is 3. The van der Waals surface area contributed by atoms with Crippen LogP contribution in [0, 0.1) is 0 Å². The molecule has 0 saturated carbocycles. The standard InChI is InChI=1S/C27H18ClN3O/c28-19-13-14-24-21(16-19)22(17-26(30-24)25-12-6-7-15-29-25)27(32)31-23-11-5-4-10-20(23)18-8-2-1-3-9-18/h1-17H,(H,31,32). The Hall–Kier alpha value is -4.02. The number of halogens is 1. The summed E-state index contributed by atoms with van der Waals surface area (Å²) in [7, 11) is 0. The Kier molecular flexibility index (Phi) is 5.36. The smallest absolute Gasteiger partial charge is 0.256 e. The van der Waals surface area contributed by atoms with E-state index in [1.807, 2.05) is 78.9 Å². The topological polar surface area (TPSA) is 54.9 Å². The van der Waals surface area contributed by atoms with Gasteiger partial charge in [-0.05, 0) is 48.0 Å². The van der Waals surface area contributed by atoms with Crippen LogP contribution in [0.5, 0.6) is 0 Å². The second kappa shape index (κ2) is 8.61. The highest BCUT2D eigenvalue weighted by atomic mass is 35.5. The molecule has 2 aromatic heterocycles. The third-order valence-electron chi connectivity index (χ3n) is 5.20. The minimum absolute atomic E-state index is 0.236. The Bertz CT molecular complexity index is 1420. The quantitative estimate of drug-likeness (QED) is 0.335. The van der Waals surface area contributed by atoms with Gasteiger partial charge in [0.1, 0.15) is 0 Å². The van der Waals surface area contributed by atoms with Gasteiger partial charge in [-0.1, -0.05) is 66.2 Å². The zero-order chi connectivity index (χ0) is 21.9. The predicted octanol–water partition coefficient (Wildman–Crippen LogP) is 6.87. The number of nitrogens with zero attached hydrogens (tertiary/aromatic N) is 2. The van der Waals surface area contributed by atoms with Crippen LogP contribution in [0.2, 0.25) is 5.02 Å². The van der Waals surface area contributed by atoms with E-state index >= 15 is 0 Å². The van der Waals surface area contributed by atoms with Gasteiger partial charge in [-0.3, -0.25) is 9.78 Å². The molecule has 2 heterocycles. The third-order valence-corrected chi connectivity index (χ3v) is 5.44. The Morgan fingerprint density at radius 2 is 1.56 bits per heavy atom. The van der Waals surface area contributed by atoms with E-state index in [0.29, 0.717) is 32.9 Å². The fourth-order valence-corrected chi connectivity index (χ4v) is 3.85. The summed E-state index contributed by atoms with van der Waals surface area (Å²) in [5.74, 6) is -0.236. The van der Waals surface area contributed by atoms with Gasteiger partial charge in [-0.15, -0.1) is 0 Å². The molecule has 1 N–H and O–H groups in total. The Morgan fingerprint density at radius 1 is 0.781 bits per heavy atom. The Labute approximate surface area is 190 Å². The average molecular weight is 436 g/mol. The SMILES string of the molecule is O=C(Nc1ccccc1-c1ccccc1)c1cc(-c2ccccn2)nc2ccc(Cl)cc12. The lowest BCUT2D eigenvalue weighted by atomic mass is 10.0. The van der Waals surface area contributed by atoms with E-state index in [0.717, 1.165) is 16.8 Å². The van der Waals surface area contributed by atoms with Crippen LogP contribution in [0.3, 0.4) is 0 Å². The molecule has 0 aliphatic rings. The second-order valence-electron chi connectivity index (χ2n) is 7.30. The number of pyridine rings is 2. The summed E-state index contributed by atoms with van der Waals surface area (Å²) < 4.78 is 0. The molecule has 0 radical (unpaired) electrons. The van der Waals surface area contributed by atoms with Gasteiger partial charge in [0.25, 0.3) is 5.91 Å². The van der Waals surface area contributed by atoms with Gasteiger partial charge >= 0.3 is 0 Å². The summed E-state index contributed by atoms with van der Waals surface area (Å²) in [4.78, 5) is 22.6. The van der Waals surface area contributed by atoms with Crippen molar-refractivity contribution in [3.63, 3.8) is 0 Å². The molecule has 4 nitrogen and oxygen atoms in total. The summed E-state index contributed by atoms with van der Waals surface area (Å²) in [6.07, 6.45) is 1.71. The molecular weight excluding hydrogens is 418 g/mol. The van der Waals surface area contributed by atoms with E-state index in [2.05, 4.69) is 10.3 Å². The number of fused-ring (bicyclic) bond motifs is 1. The lowest BCUT2D eigenvalue weighted by Crippen LogP contribution is -2.14. The largest absolute Gasteiger partial charge is 0.321 e. The lowest BCUT2D eigenvalue weighted by molar-refractivity contribution is 0.102. The zero-order valence-corrected chi connectivity index (χ0v) is 17.8. The van der Waals surface area contributed by atoms with Crippen LogP contribution in [-0.2, 0) is 0 Å². The van der Waals surface area contributed by atoms with Gasteiger partial charge < -0.3 is 5.32 Å². The number of hydrogen-bond donors (Lipinski definition) is 1. The van der Waals surface area contributed by atoms with E-state index in [1.54, 1.807) is 24.4 Å². The van der Waals surface area contributed by atoms with E-state index in [4.69, 9.17) is 16.6 Å². The zero-order valence-electron chi connectivity index (χ0n) is 17.0. The van der Waals surface area contributed by atoms with Gasteiger partial charge in [-0.2, -0.15) is 0 Å². The second-order valence-corrected chi connectivity index (χ2v) is 7.73. The van der Waals surface area contributed by atoms with E-state index < -0.39 is 0 Å². The molecule has 1 amide bonds. The maximum Gasteiger partial charge on any atom is 0.256 e. The normalized spacial score (nSPS) is 10.8. The van der Waals surface area contributed by atoms with Gasteiger partial charge in [0.2, 0.25) is 0 Å². The molecule has 3 aromatic carbocycles. The molecule has 0 saturated heterocycles. The number of carbonyl (C=O) groups excluding carboxylic acids is 1. The molecule has 0 aliphatic carbocycles. The van der Waals surface area contributed by atoms with Gasteiger partial charge in [0.05, 0.1) is 22.5 Å². The summed E-state index contributed by atoms with van der Waals surface area (Å²) >= 11 is 6.25. The fraction of sp³-hybridized carbons (Fsp3) is 0. The minimum Gasteiger partial charge on any atom is -0.321 e. The molecule has 0 atom stereocenters. The molecule has 5 rings (SSSR count). The van der Waals surface area contributed by atoms with Crippen molar-refractivity contribution in [3.8, 4) is 22.5 Å². The van der Waals surface area contributed by atoms with Crippen LogP contribution in [-0.4, -0.2) is 15.9 Å². The third kappa shape index (κ3) is 3.96. The number of aromatic nitrogens is 2. The average Bonchev–Trinajstić information content (AvgIpc) is 2.85. The first-order chi connectivity index (χ1) is 15.7. The number of amides is 1. The minimum atomic E-state index is -0.236. The lowest BCUT2D eigenvalue weighted by Gasteiger charge is -2.13. The number of hydrogen-bond acceptors (Lipinski definition) is 3. The summed E-state index contributed by atoms with van der Waals surface area (Å²) in [5.41, 5.74) is 5.20. The molecular formula is C27H18ClN3O. The van der Waals surface area contributed by atoms with Gasteiger partial charge in [0, 0.05) is 27.9 Å². The van der Waals surface area contributed by atoms with Crippen LogP contribution in [0.1, 0.15) is 10.4 Å². The molecule has 0 spiro atoms. The summed E-state index contributed by atoms with van der Waals surface area (Å²) in [5, 5.41) is 4.32. The summed E-state index contributed by atoms with van der Waals surface area (Å²) in [6.45, 7) is 0. The predicted molar refractivity (Wildman–Crippen MR) is 130 cm³/mol. The van der Waals surface area contributed by atoms with Crippen molar-refractivity contribution in [3.05, 3.63) is 114 Å². The highest BCUT2D eigenvalue weighted by molar-refractivity contribution is 6.31. The Balaban J connectivity index is 1.61. The molecule has 0 aliphatic heterocycles. The van der Waals surface area contributed by atoms with E-state index in [1.165, 1.54) is 0 Å². The first-order valence-corrected chi connectivity index (χ1v) is 10.5. The fourth-order valence-electron chi connectivity index (χ4n) is 3.68. The number of anilines is 1. The summed E-state index contributed by atoms with van der Waals surface area (Å²) in [6, 6.07) is 30.4. The maximum absolute atomic E-state index is 13.5. The first kappa shape index (κ1) is 19.9. The van der Waals surface area contributed by atoms with E-state index in [-0.39, 0.29) is 5.91 Å². The molecule has 0 fully saturated rings. The van der Waals surface area contributed by atoms with E-state index in [9.17, 15) is 4.79 Å². The van der Waals surface area contributed by atoms with Crippen LogP contribution in [0.15, 0.2) is 103 Å². The molecule has 32 heavy (non-hydrogen) atoms. The first-order valence-electron chi connectivity index (χ1n) is 10.2. The molecule has 5 aromatic rings. The highest BCUT2D eigenvalue weighted by Gasteiger charge is 2.16. The van der Waals surface area contributed by atoms with Gasteiger partial charge in [0.15, 0.2) is 0 Å². The number of rotatable bonds is 4. The Morgan fingerprint density at radius 3 is 2.38 bits per heavy atom. The number of nitrogens with one attached hydrogen (secondary N) is 1. The van der Waals surface area contributed by atoms with Gasteiger partial charge in [-0.25, -0.2) is 4.98 Å². The molecule has 0 bridgehead atoms. The van der Waals surface area contributed by atoms with Crippen LogP contribution < -0.4 is 5.32 Å². The van der Waals surface area contributed by atoms with Crippen molar-refractivity contribution in [1.82, 2.24) is 9.97 Å². The number of carbonyl (C=O) groups is 1. The van der Waals surface area contributed by atoms with Crippen LogP contribution >= 0.6 is 11.6 Å². The van der Waals surface area contributed by atoms with Crippen molar-refractivity contribution < 1.29 is 4.79 Å². The molecule has 5 heteroatoms. The monoisotopic (exact) mass is 435 g/mol. The van der Waals surface area contributed by atoms with Crippen LogP contribution in [0.25, 0.3) is 33.4 Å². The maximum atomic E-state index is 13.5. The van der Waals surface area contributed by atoms with Crippen LogP contribution in [0.4, 0.5) is 5.69 Å². The van der Waals surface area contributed by atoms with Crippen molar-refractivity contribution in [2.75, 3.05) is 5.32 Å². The highest BCUT2D eigenvalue weighted by Crippen LogP contribution is 2.30. The number of para-hydroxylation sites is 1. The van der Waals surface area contributed by atoms with Crippen molar-refractivity contribution in [2.24, 2.45) is 0 Å².